The van der Waals surface area contributed by atoms with Gasteiger partial charge in [0.15, 0.2) is 0 Å². The van der Waals surface area contributed by atoms with Gasteiger partial charge in [0.1, 0.15) is 6.04 Å². The molecule has 0 aromatic carbocycles. The van der Waals surface area contributed by atoms with Crippen molar-refractivity contribution in [2.45, 2.75) is 70.6 Å². The Kier molecular flexibility index (Phi) is 5.09. The van der Waals surface area contributed by atoms with E-state index in [0.717, 1.165) is 25.7 Å². The number of nitrogens with one attached hydrogen (secondary N) is 1. The molecule has 0 aliphatic carbocycles. The number of halogens is 3. The number of hydrogen-bond acceptors (Lipinski definition) is 1. The standard InChI is InChI=1S/C12H22F3N/c1-3-9(4-2)8-10-6-5-7-11(16-10)12(13,14)15/h9-11,16H,3-8H2,1-2H3. The highest BCUT2D eigenvalue weighted by molar-refractivity contribution is 4.85. The predicted molar refractivity (Wildman–Crippen MR) is 59.3 cm³/mol. The Morgan fingerprint density at radius 2 is 1.81 bits per heavy atom. The molecular weight excluding hydrogens is 215 g/mol. The van der Waals surface area contributed by atoms with Gasteiger partial charge in [0.05, 0.1) is 0 Å². The Labute approximate surface area is 95.8 Å². The average Bonchev–Trinajstić information content (AvgIpc) is 2.25. The molecule has 0 radical (unpaired) electrons. The Morgan fingerprint density at radius 3 is 2.31 bits per heavy atom. The first-order chi connectivity index (χ1) is 7.47. The van der Waals surface area contributed by atoms with E-state index in [1.54, 1.807) is 0 Å². The van der Waals surface area contributed by atoms with Crippen molar-refractivity contribution in [2.24, 2.45) is 5.92 Å². The van der Waals surface area contributed by atoms with Crippen LogP contribution < -0.4 is 5.32 Å². The lowest BCUT2D eigenvalue weighted by atomic mass is 9.88. The largest absolute Gasteiger partial charge is 0.403 e. The molecule has 96 valence electrons. The molecule has 4 heteroatoms. The third-order valence-corrected chi connectivity index (χ3v) is 3.65. The Bertz CT molecular complexity index is 199. The molecule has 1 N–H and O–H groups in total. The van der Waals surface area contributed by atoms with Gasteiger partial charge in [-0.25, -0.2) is 0 Å². The third kappa shape index (κ3) is 3.96. The van der Waals surface area contributed by atoms with Gasteiger partial charge in [0.25, 0.3) is 0 Å². The van der Waals surface area contributed by atoms with Gasteiger partial charge in [-0.05, 0) is 25.2 Å². The molecule has 0 bridgehead atoms. The minimum absolute atomic E-state index is 0.0604. The van der Waals surface area contributed by atoms with Gasteiger partial charge in [-0.3, -0.25) is 0 Å². The van der Waals surface area contributed by atoms with Crippen molar-refractivity contribution in [3.8, 4) is 0 Å². The summed E-state index contributed by atoms with van der Waals surface area (Å²) in [5.41, 5.74) is 0. The topological polar surface area (TPSA) is 12.0 Å². The average molecular weight is 237 g/mol. The fourth-order valence-electron chi connectivity index (χ4n) is 2.49. The fraction of sp³-hybridized carbons (Fsp3) is 1.00. The van der Waals surface area contributed by atoms with E-state index in [2.05, 4.69) is 19.2 Å². The first-order valence-electron chi connectivity index (χ1n) is 6.30. The first kappa shape index (κ1) is 13.8. The highest BCUT2D eigenvalue weighted by Gasteiger charge is 2.42. The molecule has 1 nitrogen and oxygen atoms in total. The van der Waals surface area contributed by atoms with E-state index >= 15 is 0 Å². The summed E-state index contributed by atoms with van der Waals surface area (Å²) < 4.78 is 37.7. The predicted octanol–water partition coefficient (Wildman–Crippen LogP) is 3.89. The van der Waals surface area contributed by atoms with Gasteiger partial charge in [-0.2, -0.15) is 13.2 Å². The van der Waals surface area contributed by atoms with E-state index in [0.29, 0.717) is 12.3 Å². The SMILES string of the molecule is CCC(CC)CC1CCCC(C(F)(F)F)N1. The van der Waals surface area contributed by atoms with Crippen molar-refractivity contribution in [1.82, 2.24) is 5.32 Å². The molecule has 0 amide bonds. The molecule has 0 aromatic rings. The zero-order valence-electron chi connectivity index (χ0n) is 10.1. The molecular formula is C12H22F3N. The van der Waals surface area contributed by atoms with Crippen molar-refractivity contribution in [2.75, 3.05) is 0 Å². The van der Waals surface area contributed by atoms with Gasteiger partial charge in [0, 0.05) is 6.04 Å². The Morgan fingerprint density at radius 1 is 1.19 bits per heavy atom. The molecule has 2 unspecified atom stereocenters. The van der Waals surface area contributed by atoms with Crippen molar-refractivity contribution in [3.63, 3.8) is 0 Å². The van der Waals surface area contributed by atoms with E-state index in [1.165, 1.54) is 0 Å². The van der Waals surface area contributed by atoms with Crippen molar-refractivity contribution in [1.29, 1.82) is 0 Å². The third-order valence-electron chi connectivity index (χ3n) is 3.65. The van der Waals surface area contributed by atoms with Crippen LogP contribution in [0.4, 0.5) is 13.2 Å². The maximum absolute atomic E-state index is 12.6. The summed E-state index contributed by atoms with van der Waals surface area (Å²) in [5, 5.41) is 2.77. The lowest BCUT2D eigenvalue weighted by molar-refractivity contribution is -0.163. The lowest BCUT2D eigenvalue weighted by Crippen LogP contribution is -2.50. The fourth-order valence-corrected chi connectivity index (χ4v) is 2.49. The summed E-state index contributed by atoms with van der Waals surface area (Å²) in [6.07, 6.45) is 0.761. The zero-order chi connectivity index (χ0) is 12.2. The van der Waals surface area contributed by atoms with Crippen molar-refractivity contribution >= 4 is 0 Å². The second kappa shape index (κ2) is 5.89. The van der Waals surface area contributed by atoms with Crippen LogP contribution in [0.2, 0.25) is 0 Å². The van der Waals surface area contributed by atoms with Gasteiger partial charge in [-0.1, -0.05) is 33.1 Å². The quantitative estimate of drug-likeness (QED) is 0.782. The molecule has 1 aliphatic rings. The van der Waals surface area contributed by atoms with Crippen LogP contribution in [-0.4, -0.2) is 18.3 Å². The van der Waals surface area contributed by atoms with E-state index in [4.69, 9.17) is 0 Å². The summed E-state index contributed by atoms with van der Waals surface area (Å²) in [6, 6.07) is -1.22. The van der Waals surface area contributed by atoms with Crippen molar-refractivity contribution in [3.05, 3.63) is 0 Å². The maximum atomic E-state index is 12.6. The van der Waals surface area contributed by atoms with Crippen LogP contribution in [0.15, 0.2) is 0 Å². The summed E-state index contributed by atoms with van der Waals surface area (Å²) in [7, 11) is 0. The summed E-state index contributed by atoms with van der Waals surface area (Å²) in [5.74, 6) is 0.560. The van der Waals surface area contributed by atoms with Crippen LogP contribution in [0.5, 0.6) is 0 Å². The molecule has 1 fully saturated rings. The van der Waals surface area contributed by atoms with Gasteiger partial charge < -0.3 is 5.32 Å². The van der Waals surface area contributed by atoms with E-state index in [-0.39, 0.29) is 12.5 Å². The smallest absolute Gasteiger partial charge is 0.303 e. The normalized spacial score (nSPS) is 27.4. The molecule has 1 heterocycles. The van der Waals surface area contributed by atoms with Crippen molar-refractivity contribution < 1.29 is 13.2 Å². The highest BCUT2D eigenvalue weighted by Crippen LogP contribution is 2.30. The second-order valence-corrected chi connectivity index (χ2v) is 4.81. The van der Waals surface area contributed by atoms with Crippen LogP contribution in [0.25, 0.3) is 0 Å². The molecule has 0 spiro atoms. The minimum atomic E-state index is -4.08. The summed E-state index contributed by atoms with van der Waals surface area (Å²) in [4.78, 5) is 0. The molecule has 0 saturated carbocycles. The molecule has 16 heavy (non-hydrogen) atoms. The monoisotopic (exact) mass is 237 g/mol. The molecule has 1 aliphatic heterocycles. The first-order valence-corrected chi connectivity index (χ1v) is 6.30. The van der Waals surface area contributed by atoms with Crippen LogP contribution >= 0.6 is 0 Å². The molecule has 1 saturated heterocycles. The van der Waals surface area contributed by atoms with Crippen LogP contribution in [-0.2, 0) is 0 Å². The maximum Gasteiger partial charge on any atom is 0.403 e. The van der Waals surface area contributed by atoms with Gasteiger partial charge >= 0.3 is 6.18 Å². The zero-order valence-corrected chi connectivity index (χ0v) is 10.1. The second-order valence-electron chi connectivity index (χ2n) is 4.81. The number of hydrogen-bond donors (Lipinski definition) is 1. The Balaban J connectivity index is 2.44. The summed E-state index contributed by atoms with van der Waals surface area (Å²) >= 11 is 0. The number of rotatable bonds is 4. The molecule has 1 rings (SSSR count). The highest BCUT2D eigenvalue weighted by atomic mass is 19.4. The molecule has 2 atom stereocenters. The van der Waals surface area contributed by atoms with E-state index in [9.17, 15) is 13.2 Å². The Hall–Kier alpha value is -0.250. The van der Waals surface area contributed by atoms with E-state index in [1.807, 2.05) is 0 Å². The van der Waals surface area contributed by atoms with Crippen LogP contribution in [0, 0.1) is 5.92 Å². The van der Waals surface area contributed by atoms with Crippen LogP contribution in [0.3, 0.4) is 0 Å². The lowest BCUT2D eigenvalue weighted by Gasteiger charge is -2.34. The van der Waals surface area contributed by atoms with Crippen LogP contribution in [0.1, 0.15) is 52.4 Å². The summed E-state index contributed by atoms with van der Waals surface area (Å²) in [6.45, 7) is 4.22. The van der Waals surface area contributed by atoms with E-state index < -0.39 is 12.2 Å². The minimum Gasteiger partial charge on any atom is -0.303 e. The van der Waals surface area contributed by atoms with Gasteiger partial charge in [-0.15, -0.1) is 0 Å². The van der Waals surface area contributed by atoms with Gasteiger partial charge in [0.2, 0.25) is 0 Å². The number of alkyl halides is 3. The molecule has 0 aromatic heterocycles. The number of piperidine rings is 1.